The number of aliphatic imine (C=N–C) groups is 1. The molecule has 0 fully saturated rings. The molecule has 1 atom stereocenters. The summed E-state index contributed by atoms with van der Waals surface area (Å²) < 4.78 is 0. The highest BCUT2D eigenvalue weighted by molar-refractivity contribution is 14.0. The van der Waals surface area contributed by atoms with E-state index in [1.54, 1.807) is 11.9 Å². The van der Waals surface area contributed by atoms with Gasteiger partial charge in [0.25, 0.3) is 0 Å². The molecule has 158 valence electrons. The van der Waals surface area contributed by atoms with Gasteiger partial charge < -0.3 is 20.6 Å². The van der Waals surface area contributed by atoms with Crippen molar-refractivity contribution in [3.8, 4) is 0 Å². The molecule has 3 N–H and O–H groups in total. The number of carbonyl (C=O) groups is 1. The number of rotatable bonds is 9. The van der Waals surface area contributed by atoms with E-state index in [-0.39, 0.29) is 49.0 Å². The fraction of sp³-hybridized carbons (Fsp3) is 0.364. The van der Waals surface area contributed by atoms with Crippen molar-refractivity contribution in [2.24, 2.45) is 4.99 Å². The first kappa shape index (κ1) is 24.9. The van der Waals surface area contributed by atoms with Gasteiger partial charge in [0.1, 0.15) is 0 Å². The molecule has 0 heterocycles. The van der Waals surface area contributed by atoms with E-state index >= 15 is 0 Å². The van der Waals surface area contributed by atoms with Gasteiger partial charge in [0.15, 0.2) is 5.96 Å². The number of hydrogen-bond acceptors (Lipinski definition) is 3. The van der Waals surface area contributed by atoms with Gasteiger partial charge in [-0.25, -0.2) is 0 Å². The summed E-state index contributed by atoms with van der Waals surface area (Å²) in [7, 11) is 1.66. The SMILES string of the molecule is CCN(Cc1ccccc1)C(=O)CNC(=NC)NCC(CO)c1ccccc1.I. The molecular formula is C22H31IN4O2. The van der Waals surface area contributed by atoms with Crippen molar-refractivity contribution >= 4 is 35.8 Å². The van der Waals surface area contributed by atoms with E-state index in [0.717, 1.165) is 11.1 Å². The molecule has 1 amide bonds. The van der Waals surface area contributed by atoms with Crippen molar-refractivity contribution < 1.29 is 9.90 Å². The third-order valence-corrected chi connectivity index (χ3v) is 4.59. The standard InChI is InChI=1S/C22H30N4O2.HI/c1-3-26(16-18-10-6-4-7-11-18)21(28)15-25-22(23-2)24-14-20(17-27)19-12-8-5-9-13-19;/h4-13,20,27H,3,14-17H2,1-2H3,(H2,23,24,25);1H. The minimum atomic E-state index is -0.0410. The van der Waals surface area contributed by atoms with E-state index < -0.39 is 0 Å². The Morgan fingerprint density at radius 1 is 1.07 bits per heavy atom. The molecule has 7 heteroatoms. The zero-order chi connectivity index (χ0) is 20.2. The maximum absolute atomic E-state index is 12.6. The second-order valence-corrected chi connectivity index (χ2v) is 6.49. The zero-order valence-electron chi connectivity index (χ0n) is 17.0. The molecule has 0 bridgehead atoms. The van der Waals surface area contributed by atoms with Crippen LogP contribution in [0.4, 0.5) is 0 Å². The molecule has 0 aliphatic carbocycles. The molecule has 6 nitrogen and oxygen atoms in total. The lowest BCUT2D eigenvalue weighted by Gasteiger charge is -2.22. The molecule has 29 heavy (non-hydrogen) atoms. The summed E-state index contributed by atoms with van der Waals surface area (Å²) in [6.45, 7) is 3.92. The predicted octanol–water partition coefficient (Wildman–Crippen LogP) is 2.59. The summed E-state index contributed by atoms with van der Waals surface area (Å²) >= 11 is 0. The molecule has 0 aliphatic rings. The van der Waals surface area contributed by atoms with Crippen LogP contribution in [0.25, 0.3) is 0 Å². The molecule has 0 aliphatic heterocycles. The third-order valence-electron chi connectivity index (χ3n) is 4.59. The van der Waals surface area contributed by atoms with Crippen LogP contribution in [0.3, 0.4) is 0 Å². The van der Waals surface area contributed by atoms with E-state index in [1.807, 2.05) is 67.6 Å². The van der Waals surface area contributed by atoms with E-state index in [0.29, 0.717) is 25.6 Å². The Bertz CT molecular complexity index is 741. The van der Waals surface area contributed by atoms with Crippen LogP contribution in [-0.4, -0.2) is 55.2 Å². The normalized spacial score (nSPS) is 11.9. The fourth-order valence-corrected chi connectivity index (χ4v) is 2.90. The van der Waals surface area contributed by atoms with Crippen LogP contribution in [0.1, 0.15) is 24.0 Å². The lowest BCUT2D eigenvalue weighted by molar-refractivity contribution is -0.130. The summed E-state index contributed by atoms with van der Waals surface area (Å²) in [4.78, 5) is 18.5. The van der Waals surface area contributed by atoms with Gasteiger partial charge in [-0.1, -0.05) is 60.7 Å². The van der Waals surface area contributed by atoms with Crippen molar-refractivity contribution in [2.45, 2.75) is 19.4 Å². The van der Waals surface area contributed by atoms with Gasteiger partial charge in [-0.05, 0) is 18.1 Å². The molecule has 0 aromatic heterocycles. The molecule has 2 aromatic carbocycles. The first-order valence-corrected chi connectivity index (χ1v) is 9.60. The number of benzene rings is 2. The number of carbonyl (C=O) groups excluding carboxylic acids is 1. The minimum Gasteiger partial charge on any atom is -0.396 e. The van der Waals surface area contributed by atoms with Crippen molar-refractivity contribution in [1.82, 2.24) is 15.5 Å². The number of amides is 1. The van der Waals surface area contributed by atoms with Crippen molar-refractivity contribution in [2.75, 3.05) is 33.3 Å². The zero-order valence-corrected chi connectivity index (χ0v) is 19.4. The van der Waals surface area contributed by atoms with E-state index in [1.165, 1.54) is 0 Å². The average molecular weight is 510 g/mol. The van der Waals surface area contributed by atoms with E-state index in [4.69, 9.17) is 0 Å². The Hall–Kier alpha value is -2.13. The van der Waals surface area contributed by atoms with Crippen LogP contribution >= 0.6 is 24.0 Å². The number of aliphatic hydroxyl groups excluding tert-OH is 1. The number of aliphatic hydroxyl groups is 1. The highest BCUT2D eigenvalue weighted by Gasteiger charge is 2.14. The number of hydrogen-bond donors (Lipinski definition) is 3. The van der Waals surface area contributed by atoms with Crippen molar-refractivity contribution in [3.05, 3.63) is 71.8 Å². The summed E-state index contributed by atoms with van der Waals surface area (Å²) in [6.07, 6.45) is 0. The lowest BCUT2D eigenvalue weighted by atomic mass is 10.0. The molecule has 2 aromatic rings. The topological polar surface area (TPSA) is 77.0 Å². The number of likely N-dealkylation sites (N-methyl/N-ethyl adjacent to an activating group) is 1. The van der Waals surface area contributed by atoms with Gasteiger partial charge >= 0.3 is 0 Å². The van der Waals surface area contributed by atoms with E-state index in [2.05, 4.69) is 15.6 Å². The molecular weight excluding hydrogens is 479 g/mol. The smallest absolute Gasteiger partial charge is 0.242 e. The number of nitrogens with one attached hydrogen (secondary N) is 2. The molecule has 1 unspecified atom stereocenters. The van der Waals surface area contributed by atoms with Gasteiger partial charge in [-0.15, -0.1) is 24.0 Å². The molecule has 0 spiro atoms. The second kappa shape index (κ2) is 13.9. The van der Waals surface area contributed by atoms with Crippen molar-refractivity contribution in [3.63, 3.8) is 0 Å². The largest absolute Gasteiger partial charge is 0.396 e. The number of nitrogens with zero attached hydrogens (tertiary/aromatic N) is 2. The van der Waals surface area contributed by atoms with Gasteiger partial charge in [0.05, 0.1) is 13.2 Å². The van der Waals surface area contributed by atoms with Crippen LogP contribution < -0.4 is 10.6 Å². The second-order valence-electron chi connectivity index (χ2n) is 6.49. The quantitative estimate of drug-likeness (QED) is 0.276. The Kier molecular flexibility index (Phi) is 12.0. The number of guanidine groups is 1. The summed E-state index contributed by atoms with van der Waals surface area (Å²) in [5.41, 5.74) is 2.16. The van der Waals surface area contributed by atoms with Crippen molar-refractivity contribution in [1.29, 1.82) is 0 Å². The summed E-state index contributed by atoms with van der Waals surface area (Å²) in [5, 5.41) is 15.9. The fourth-order valence-electron chi connectivity index (χ4n) is 2.90. The van der Waals surface area contributed by atoms with Crippen LogP contribution in [0.5, 0.6) is 0 Å². The Morgan fingerprint density at radius 3 is 2.24 bits per heavy atom. The average Bonchev–Trinajstić information content (AvgIpc) is 2.75. The first-order valence-electron chi connectivity index (χ1n) is 9.60. The van der Waals surface area contributed by atoms with Crippen LogP contribution in [-0.2, 0) is 11.3 Å². The minimum absolute atomic E-state index is 0. The molecule has 0 saturated carbocycles. The lowest BCUT2D eigenvalue weighted by Crippen LogP contribution is -2.45. The highest BCUT2D eigenvalue weighted by atomic mass is 127. The summed E-state index contributed by atoms with van der Waals surface area (Å²) in [6, 6.07) is 19.8. The third kappa shape index (κ3) is 8.41. The van der Waals surface area contributed by atoms with Crippen LogP contribution in [0.15, 0.2) is 65.7 Å². The van der Waals surface area contributed by atoms with Gasteiger partial charge in [-0.2, -0.15) is 0 Å². The maximum atomic E-state index is 12.6. The Balaban J connectivity index is 0.00000420. The van der Waals surface area contributed by atoms with Gasteiger partial charge in [0, 0.05) is 32.6 Å². The Morgan fingerprint density at radius 2 is 1.69 bits per heavy atom. The maximum Gasteiger partial charge on any atom is 0.242 e. The van der Waals surface area contributed by atoms with E-state index in [9.17, 15) is 9.90 Å². The summed E-state index contributed by atoms with van der Waals surface area (Å²) in [5.74, 6) is 0.509. The molecule has 2 rings (SSSR count). The predicted molar refractivity (Wildman–Crippen MR) is 129 cm³/mol. The Labute approximate surface area is 190 Å². The van der Waals surface area contributed by atoms with Gasteiger partial charge in [0.2, 0.25) is 5.91 Å². The molecule has 0 radical (unpaired) electrons. The monoisotopic (exact) mass is 510 g/mol. The number of halogens is 1. The first-order chi connectivity index (χ1) is 13.7. The highest BCUT2D eigenvalue weighted by Crippen LogP contribution is 2.13. The van der Waals surface area contributed by atoms with Crippen LogP contribution in [0.2, 0.25) is 0 Å². The van der Waals surface area contributed by atoms with Gasteiger partial charge in [-0.3, -0.25) is 9.79 Å². The molecule has 0 saturated heterocycles. The van der Waals surface area contributed by atoms with Crippen LogP contribution in [0, 0.1) is 0 Å².